The van der Waals surface area contributed by atoms with E-state index >= 15 is 0 Å². The second kappa shape index (κ2) is 6.95. The highest BCUT2D eigenvalue weighted by atomic mass is 16.6. The minimum absolute atomic E-state index is 0.310. The predicted octanol–water partition coefficient (Wildman–Crippen LogP) is 2.98. The largest absolute Gasteiger partial charge is 0.502 e. The first-order chi connectivity index (χ1) is 15.2. The van der Waals surface area contributed by atoms with Crippen LogP contribution >= 0.6 is 0 Å². The molecular weight excluding hydrogens is 422 g/mol. The van der Waals surface area contributed by atoms with E-state index in [-0.39, 0.29) is 11.4 Å². The van der Waals surface area contributed by atoms with Gasteiger partial charge in [-0.25, -0.2) is 0 Å². The molecule has 4 aliphatic rings. The van der Waals surface area contributed by atoms with Crippen molar-refractivity contribution in [1.82, 2.24) is 4.90 Å². The van der Waals surface area contributed by atoms with Gasteiger partial charge in [0.05, 0.1) is 9.85 Å². The molecule has 2 unspecified atom stereocenters. The van der Waals surface area contributed by atoms with Crippen LogP contribution in [0.15, 0.2) is 36.4 Å². The lowest BCUT2D eigenvalue weighted by Gasteiger charge is -2.61. The highest BCUT2D eigenvalue weighted by molar-refractivity contribution is 5.50. The molecule has 2 N–H and O–H groups in total. The summed E-state index contributed by atoms with van der Waals surface area (Å²) >= 11 is 0. The highest BCUT2D eigenvalue weighted by Gasteiger charge is 2.60. The van der Waals surface area contributed by atoms with Gasteiger partial charge in [0.2, 0.25) is 0 Å². The fraction of sp³-hybridized carbons (Fsp3) is 0.429. The van der Waals surface area contributed by atoms with Crippen molar-refractivity contribution in [3.05, 3.63) is 56.6 Å². The van der Waals surface area contributed by atoms with Crippen molar-refractivity contribution in [1.29, 1.82) is 0 Å². The Morgan fingerprint density at radius 1 is 0.875 bits per heavy atom. The van der Waals surface area contributed by atoms with Gasteiger partial charge < -0.3 is 19.7 Å². The minimum Gasteiger partial charge on any atom is -0.502 e. The van der Waals surface area contributed by atoms with Crippen LogP contribution in [0.25, 0.3) is 0 Å². The number of phenolic OH excluding ortho intramolecular Hbond substituents is 2. The van der Waals surface area contributed by atoms with Gasteiger partial charge in [-0.1, -0.05) is 0 Å². The van der Waals surface area contributed by atoms with Crippen LogP contribution in [-0.2, 0) is 0 Å². The SMILES string of the molecule is O=[N+]([O-])c1ccc(OC23CC4CN(C2)CC(Oc2ccc([N+](=O)[O-])c(O)c2)(C4)C3)cc1O. The molecular formula is C21H21N3O8. The van der Waals surface area contributed by atoms with E-state index in [0.29, 0.717) is 36.9 Å². The van der Waals surface area contributed by atoms with Crippen molar-refractivity contribution in [2.24, 2.45) is 5.92 Å². The molecule has 3 saturated heterocycles. The number of nitro groups is 2. The fourth-order valence-corrected chi connectivity index (χ4v) is 5.75. The molecule has 0 amide bonds. The Hall–Kier alpha value is -3.60. The van der Waals surface area contributed by atoms with Gasteiger partial charge in [-0.15, -0.1) is 0 Å². The molecule has 4 fully saturated rings. The Labute approximate surface area is 182 Å². The maximum absolute atomic E-state index is 11.0. The number of nitrogens with zero attached hydrogens (tertiary/aromatic N) is 3. The van der Waals surface area contributed by atoms with Crippen molar-refractivity contribution in [2.75, 3.05) is 19.6 Å². The summed E-state index contributed by atoms with van der Waals surface area (Å²) in [5, 5.41) is 41.9. The summed E-state index contributed by atoms with van der Waals surface area (Å²) in [7, 11) is 0. The van der Waals surface area contributed by atoms with Crippen LogP contribution in [0.5, 0.6) is 23.0 Å². The standard InChI is InChI=1S/C21H21N3O8/c25-18-5-14(1-3-16(18)23(27)28)31-20-7-13-8-21(10-20,12-22(9-13)11-20)32-15-2-4-17(24(29)30)19(26)6-15/h1-6,13,25-26H,7-12H2. The fourth-order valence-electron chi connectivity index (χ4n) is 5.75. The van der Waals surface area contributed by atoms with Crippen LogP contribution in [-0.4, -0.2) is 55.8 Å². The molecule has 1 aliphatic carbocycles. The molecule has 168 valence electrons. The van der Waals surface area contributed by atoms with Gasteiger partial charge in [-0.05, 0) is 30.9 Å². The molecule has 3 aliphatic heterocycles. The summed E-state index contributed by atoms with van der Waals surface area (Å²) < 4.78 is 12.6. The molecule has 0 aromatic heterocycles. The molecule has 11 heteroatoms. The van der Waals surface area contributed by atoms with E-state index < -0.39 is 32.5 Å². The van der Waals surface area contributed by atoms with Crippen molar-refractivity contribution < 1.29 is 29.5 Å². The quantitative estimate of drug-likeness (QED) is 0.507. The lowest BCUT2D eigenvalue weighted by Crippen LogP contribution is -2.72. The summed E-state index contributed by atoms with van der Waals surface area (Å²) in [6, 6.07) is 7.91. The molecule has 4 bridgehead atoms. The minimum atomic E-state index is -0.655. The maximum Gasteiger partial charge on any atom is 0.310 e. The van der Waals surface area contributed by atoms with Gasteiger partial charge in [0.1, 0.15) is 22.7 Å². The number of aromatic hydroxyl groups is 2. The zero-order valence-corrected chi connectivity index (χ0v) is 17.0. The molecule has 2 aromatic carbocycles. The normalized spacial score (nSPS) is 30.1. The summed E-state index contributed by atoms with van der Waals surface area (Å²) in [6.45, 7) is 2.24. The predicted molar refractivity (Wildman–Crippen MR) is 110 cm³/mol. The molecule has 6 rings (SSSR count). The van der Waals surface area contributed by atoms with Gasteiger partial charge >= 0.3 is 11.4 Å². The number of ether oxygens (including phenoxy) is 2. The third kappa shape index (κ3) is 3.44. The summed E-state index contributed by atoms with van der Waals surface area (Å²) in [5.74, 6) is 0.0954. The van der Waals surface area contributed by atoms with E-state index in [2.05, 4.69) is 4.90 Å². The molecule has 11 nitrogen and oxygen atoms in total. The number of benzene rings is 2. The molecule has 3 heterocycles. The number of hydrogen-bond acceptors (Lipinski definition) is 9. The van der Waals surface area contributed by atoms with Gasteiger partial charge in [0, 0.05) is 50.3 Å². The highest BCUT2D eigenvalue weighted by Crippen LogP contribution is 2.52. The Morgan fingerprint density at radius 3 is 1.72 bits per heavy atom. The Kier molecular flexibility index (Phi) is 4.41. The number of piperidine rings is 3. The average molecular weight is 443 g/mol. The second-order valence-corrected chi connectivity index (χ2v) is 9.01. The van der Waals surface area contributed by atoms with E-state index in [4.69, 9.17) is 9.47 Å². The average Bonchev–Trinajstić information content (AvgIpc) is 2.65. The zero-order valence-electron chi connectivity index (χ0n) is 17.0. The molecule has 0 radical (unpaired) electrons. The maximum atomic E-state index is 11.0. The van der Waals surface area contributed by atoms with Crippen molar-refractivity contribution in [2.45, 2.75) is 30.5 Å². The summed E-state index contributed by atoms with van der Waals surface area (Å²) in [5.41, 5.74) is -1.95. The Balaban J connectivity index is 1.41. The van der Waals surface area contributed by atoms with E-state index in [1.807, 2.05) is 0 Å². The molecule has 1 saturated carbocycles. The molecule has 0 spiro atoms. The smallest absolute Gasteiger partial charge is 0.310 e. The number of phenols is 2. The summed E-state index contributed by atoms with van der Waals surface area (Å²) in [4.78, 5) is 22.9. The first-order valence-electron chi connectivity index (χ1n) is 10.2. The first kappa shape index (κ1) is 20.3. The first-order valence-corrected chi connectivity index (χ1v) is 10.2. The lowest BCUT2D eigenvalue weighted by atomic mass is 9.63. The van der Waals surface area contributed by atoms with Crippen LogP contribution in [0, 0.1) is 26.1 Å². The van der Waals surface area contributed by atoms with Gasteiger partial charge in [0.25, 0.3) is 0 Å². The van der Waals surface area contributed by atoms with Crippen LogP contribution in [0.3, 0.4) is 0 Å². The molecule has 2 aromatic rings. The molecule has 2 atom stereocenters. The van der Waals surface area contributed by atoms with Crippen LogP contribution in [0.1, 0.15) is 19.3 Å². The van der Waals surface area contributed by atoms with Crippen molar-refractivity contribution in [3.8, 4) is 23.0 Å². The second-order valence-electron chi connectivity index (χ2n) is 9.01. The third-order valence-corrected chi connectivity index (χ3v) is 6.46. The van der Waals surface area contributed by atoms with Gasteiger partial charge in [-0.3, -0.25) is 25.1 Å². The monoisotopic (exact) mass is 443 g/mol. The Bertz CT molecular complexity index is 1020. The van der Waals surface area contributed by atoms with Gasteiger partial charge in [0.15, 0.2) is 11.5 Å². The van der Waals surface area contributed by atoms with E-state index in [1.165, 1.54) is 36.4 Å². The van der Waals surface area contributed by atoms with E-state index in [1.54, 1.807) is 0 Å². The molecule has 32 heavy (non-hydrogen) atoms. The number of rotatable bonds is 6. The zero-order chi connectivity index (χ0) is 22.7. The van der Waals surface area contributed by atoms with Crippen molar-refractivity contribution in [3.63, 3.8) is 0 Å². The van der Waals surface area contributed by atoms with Crippen LogP contribution in [0.4, 0.5) is 11.4 Å². The van der Waals surface area contributed by atoms with E-state index in [9.17, 15) is 30.4 Å². The Morgan fingerprint density at radius 2 is 1.34 bits per heavy atom. The van der Waals surface area contributed by atoms with Gasteiger partial charge in [-0.2, -0.15) is 0 Å². The van der Waals surface area contributed by atoms with Crippen LogP contribution in [0.2, 0.25) is 0 Å². The number of hydrogen-bond donors (Lipinski definition) is 2. The van der Waals surface area contributed by atoms with E-state index in [0.717, 1.165) is 19.4 Å². The number of nitro benzene ring substituents is 2. The lowest BCUT2D eigenvalue weighted by molar-refractivity contribution is -0.386. The topological polar surface area (TPSA) is 148 Å². The summed E-state index contributed by atoms with van der Waals surface area (Å²) in [6.07, 6.45) is 2.12. The van der Waals surface area contributed by atoms with Crippen molar-refractivity contribution >= 4 is 11.4 Å². The third-order valence-electron chi connectivity index (χ3n) is 6.46. The van der Waals surface area contributed by atoms with Crippen LogP contribution < -0.4 is 9.47 Å².